The minimum Gasteiger partial charge on any atom is -0.477 e. The molecular formula is C23H17ClN4O5S. The molecule has 11 heteroatoms. The number of aromatic nitrogens is 3. The number of nitro benzene ring substituents is 1. The molecule has 0 saturated carbocycles. The van der Waals surface area contributed by atoms with Gasteiger partial charge in [0.1, 0.15) is 16.4 Å². The molecule has 0 saturated heterocycles. The minimum absolute atomic E-state index is 0.0479. The topological polar surface area (TPSA) is 124 Å². The van der Waals surface area contributed by atoms with Crippen molar-refractivity contribution in [3.8, 4) is 22.7 Å². The fraction of sp³-hybridized carbons (Fsp3) is 0.0870. The summed E-state index contributed by atoms with van der Waals surface area (Å²) in [5.74, 6) is -0.0935. The number of thioether (sulfide) groups is 1. The van der Waals surface area contributed by atoms with Crippen molar-refractivity contribution in [2.75, 3.05) is 0 Å². The first-order valence-electron chi connectivity index (χ1n) is 10.0. The second kappa shape index (κ2) is 9.94. The van der Waals surface area contributed by atoms with Crippen LogP contribution in [0.25, 0.3) is 28.8 Å². The normalized spacial score (nSPS) is 11.5. The lowest BCUT2D eigenvalue weighted by molar-refractivity contribution is -0.384. The first-order chi connectivity index (χ1) is 16.4. The predicted octanol–water partition coefficient (Wildman–Crippen LogP) is 6.00. The Morgan fingerprint density at radius 1 is 1.18 bits per heavy atom. The van der Waals surface area contributed by atoms with E-state index in [1.165, 1.54) is 12.1 Å². The molecule has 0 fully saturated rings. The molecule has 0 aliphatic rings. The van der Waals surface area contributed by atoms with Gasteiger partial charge < -0.3 is 14.1 Å². The van der Waals surface area contributed by atoms with Gasteiger partial charge >= 0.3 is 5.97 Å². The van der Waals surface area contributed by atoms with Gasteiger partial charge in [0.25, 0.3) is 5.69 Å². The SMILES string of the molecule is CCn1c(S/C(=C\c2ccc(-c3ccccc3[N+](=O)[O-])o2)C(=O)O)nnc1-c1ccc(Cl)cc1. The summed E-state index contributed by atoms with van der Waals surface area (Å²) < 4.78 is 7.51. The van der Waals surface area contributed by atoms with Crippen molar-refractivity contribution in [3.63, 3.8) is 0 Å². The quantitative estimate of drug-likeness (QED) is 0.136. The molecule has 4 aromatic rings. The molecule has 0 unspecified atom stereocenters. The smallest absolute Gasteiger partial charge is 0.342 e. The monoisotopic (exact) mass is 496 g/mol. The van der Waals surface area contributed by atoms with Crippen LogP contribution in [0.4, 0.5) is 5.69 Å². The second-order valence-corrected chi connectivity index (χ2v) is 8.39. The van der Waals surface area contributed by atoms with Crippen molar-refractivity contribution >= 4 is 41.1 Å². The molecule has 0 aliphatic heterocycles. The molecule has 0 spiro atoms. The zero-order valence-corrected chi connectivity index (χ0v) is 19.3. The van der Waals surface area contributed by atoms with Crippen molar-refractivity contribution < 1.29 is 19.2 Å². The van der Waals surface area contributed by atoms with Gasteiger partial charge in [-0.05, 0) is 61.2 Å². The van der Waals surface area contributed by atoms with Gasteiger partial charge in [0.15, 0.2) is 11.0 Å². The van der Waals surface area contributed by atoms with Crippen LogP contribution in [0, 0.1) is 10.1 Å². The Hall–Kier alpha value is -3.89. The summed E-state index contributed by atoms with van der Waals surface area (Å²) in [5.41, 5.74) is 0.993. The maximum atomic E-state index is 12.0. The number of benzene rings is 2. The molecule has 9 nitrogen and oxygen atoms in total. The van der Waals surface area contributed by atoms with E-state index in [1.54, 1.807) is 47.0 Å². The Morgan fingerprint density at radius 2 is 1.91 bits per heavy atom. The Balaban J connectivity index is 1.65. The third-order valence-corrected chi connectivity index (χ3v) is 6.06. The van der Waals surface area contributed by atoms with Gasteiger partial charge in [-0.3, -0.25) is 10.1 Å². The van der Waals surface area contributed by atoms with Crippen LogP contribution in [-0.4, -0.2) is 30.8 Å². The minimum atomic E-state index is -1.17. The van der Waals surface area contributed by atoms with Crippen molar-refractivity contribution in [1.29, 1.82) is 0 Å². The summed E-state index contributed by atoms with van der Waals surface area (Å²) in [6, 6.07) is 16.4. The molecule has 1 N–H and O–H groups in total. The van der Waals surface area contributed by atoms with Crippen molar-refractivity contribution in [2.24, 2.45) is 0 Å². The lowest BCUT2D eigenvalue weighted by Gasteiger charge is -2.07. The summed E-state index contributed by atoms with van der Waals surface area (Å²) >= 11 is 6.89. The molecule has 34 heavy (non-hydrogen) atoms. The molecule has 0 bridgehead atoms. The van der Waals surface area contributed by atoms with Crippen LogP contribution >= 0.6 is 23.4 Å². The van der Waals surface area contributed by atoms with Crippen molar-refractivity contribution in [3.05, 3.63) is 86.5 Å². The molecule has 2 heterocycles. The number of nitro groups is 1. The average Bonchev–Trinajstić information content (AvgIpc) is 3.46. The number of furan rings is 1. The van der Waals surface area contributed by atoms with Crippen LogP contribution in [0.1, 0.15) is 12.7 Å². The zero-order valence-electron chi connectivity index (χ0n) is 17.7. The predicted molar refractivity (Wildman–Crippen MR) is 128 cm³/mol. The Kier molecular flexibility index (Phi) is 6.80. The summed E-state index contributed by atoms with van der Waals surface area (Å²) in [7, 11) is 0. The second-order valence-electron chi connectivity index (χ2n) is 6.95. The van der Waals surface area contributed by atoms with Crippen molar-refractivity contribution in [2.45, 2.75) is 18.6 Å². The maximum absolute atomic E-state index is 12.0. The molecular weight excluding hydrogens is 480 g/mol. The van der Waals surface area contributed by atoms with Gasteiger partial charge in [0.05, 0.1) is 10.5 Å². The Labute approximate surface area is 202 Å². The van der Waals surface area contributed by atoms with Crippen LogP contribution in [0.15, 0.2) is 75.1 Å². The highest BCUT2D eigenvalue weighted by Gasteiger charge is 2.20. The number of halogens is 1. The first kappa shape index (κ1) is 23.3. The molecule has 2 aromatic carbocycles. The largest absolute Gasteiger partial charge is 0.477 e. The standard InChI is InChI=1S/C23H17ClN4O5S/c1-2-27-21(14-7-9-15(24)10-8-14)25-26-23(27)34-20(22(29)30)13-16-11-12-19(33-16)17-5-3-4-6-18(17)28(31)32/h3-13H,2H2,1H3,(H,29,30)/b20-13-. The Morgan fingerprint density at radius 3 is 2.59 bits per heavy atom. The third-order valence-electron chi connectivity index (χ3n) is 4.81. The van der Waals surface area contributed by atoms with E-state index in [0.717, 1.165) is 17.3 Å². The van der Waals surface area contributed by atoms with Crippen molar-refractivity contribution in [1.82, 2.24) is 14.8 Å². The van der Waals surface area contributed by atoms with E-state index >= 15 is 0 Å². The van der Waals surface area contributed by atoms with Gasteiger partial charge in [-0.1, -0.05) is 23.7 Å². The molecule has 0 aliphatic carbocycles. The molecule has 0 amide bonds. The summed E-state index contributed by atoms with van der Waals surface area (Å²) in [6.45, 7) is 2.42. The number of nitrogens with zero attached hydrogens (tertiary/aromatic N) is 4. The van der Waals surface area contributed by atoms with Gasteiger partial charge in [0.2, 0.25) is 0 Å². The van der Waals surface area contributed by atoms with Gasteiger partial charge in [-0.25, -0.2) is 4.79 Å². The maximum Gasteiger partial charge on any atom is 0.342 e. The highest BCUT2D eigenvalue weighted by Crippen LogP contribution is 2.34. The first-order valence-corrected chi connectivity index (χ1v) is 11.2. The van der Waals surface area contributed by atoms with E-state index in [0.29, 0.717) is 28.1 Å². The summed E-state index contributed by atoms with van der Waals surface area (Å²) in [5, 5.41) is 30.4. The van der Waals surface area contributed by atoms with E-state index in [4.69, 9.17) is 16.0 Å². The Bertz CT molecular complexity index is 1390. The molecule has 0 atom stereocenters. The fourth-order valence-corrected chi connectivity index (χ4v) is 4.23. The highest BCUT2D eigenvalue weighted by molar-refractivity contribution is 8.04. The van der Waals surface area contributed by atoms with E-state index in [1.807, 2.05) is 19.1 Å². The van der Waals surface area contributed by atoms with E-state index in [9.17, 15) is 20.0 Å². The van der Waals surface area contributed by atoms with Gasteiger partial charge in [0, 0.05) is 29.3 Å². The molecule has 2 aromatic heterocycles. The van der Waals surface area contributed by atoms with E-state index in [2.05, 4.69) is 10.2 Å². The van der Waals surface area contributed by atoms with E-state index in [-0.39, 0.29) is 22.1 Å². The number of hydrogen-bond donors (Lipinski definition) is 1. The average molecular weight is 497 g/mol. The zero-order chi connectivity index (χ0) is 24.2. The van der Waals surface area contributed by atoms with Crippen LogP contribution in [0.5, 0.6) is 0 Å². The van der Waals surface area contributed by atoms with Crippen LogP contribution in [-0.2, 0) is 11.3 Å². The number of carboxylic acids is 1. The van der Waals surface area contributed by atoms with E-state index < -0.39 is 10.9 Å². The number of rotatable bonds is 8. The number of hydrogen-bond acceptors (Lipinski definition) is 7. The van der Waals surface area contributed by atoms with Crippen LogP contribution in [0.3, 0.4) is 0 Å². The third kappa shape index (κ3) is 4.87. The number of para-hydroxylation sites is 1. The van der Waals surface area contributed by atoms with Crippen LogP contribution in [0.2, 0.25) is 5.02 Å². The summed E-state index contributed by atoms with van der Waals surface area (Å²) in [4.78, 5) is 22.7. The number of carbonyl (C=O) groups is 1. The number of aliphatic carboxylic acids is 1. The summed E-state index contributed by atoms with van der Waals surface area (Å²) in [6.07, 6.45) is 1.35. The molecule has 4 rings (SSSR count). The lowest BCUT2D eigenvalue weighted by atomic mass is 10.1. The van der Waals surface area contributed by atoms with Gasteiger partial charge in [-0.2, -0.15) is 0 Å². The number of carboxylic acid groups (broad SMARTS) is 1. The van der Waals surface area contributed by atoms with Gasteiger partial charge in [-0.15, -0.1) is 10.2 Å². The molecule has 0 radical (unpaired) electrons. The lowest BCUT2D eigenvalue weighted by Crippen LogP contribution is -2.02. The van der Waals surface area contributed by atoms with Crippen LogP contribution < -0.4 is 0 Å². The fourth-order valence-electron chi connectivity index (χ4n) is 3.24. The highest BCUT2D eigenvalue weighted by atomic mass is 35.5. The molecule has 172 valence electrons.